The molecule has 4 heteroatoms. The first-order valence-corrected chi connectivity index (χ1v) is 8.27. The molecule has 0 amide bonds. The average Bonchev–Trinajstić information content (AvgIpc) is 2.53. The van der Waals surface area contributed by atoms with Gasteiger partial charge in [0.15, 0.2) is 0 Å². The van der Waals surface area contributed by atoms with Gasteiger partial charge in [-0.1, -0.05) is 41.1 Å². The molecule has 0 aliphatic carbocycles. The van der Waals surface area contributed by atoms with Gasteiger partial charge in [-0.05, 0) is 37.6 Å². The Morgan fingerprint density at radius 1 is 1.18 bits per heavy atom. The number of hydrogen-bond acceptors (Lipinski definition) is 2. The molecular weight excluding hydrogens is 345 g/mol. The summed E-state index contributed by atoms with van der Waals surface area (Å²) in [5.41, 5.74) is 1.62. The summed E-state index contributed by atoms with van der Waals surface area (Å²) in [6.45, 7) is 5.25. The maximum atomic E-state index is 13.7. The molecule has 0 spiro atoms. The van der Waals surface area contributed by atoms with Crippen LogP contribution in [0, 0.1) is 5.82 Å². The first-order valence-electron chi connectivity index (χ1n) is 7.48. The second-order valence-corrected chi connectivity index (χ2v) is 6.24. The van der Waals surface area contributed by atoms with Gasteiger partial charge < -0.3 is 10.1 Å². The van der Waals surface area contributed by atoms with Gasteiger partial charge in [-0.25, -0.2) is 4.39 Å². The molecule has 2 nitrogen and oxygen atoms in total. The van der Waals surface area contributed by atoms with Gasteiger partial charge in [-0.2, -0.15) is 0 Å². The van der Waals surface area contributed by atoms with Crippen molar-refractivity contribution in [2.75, 3.05) is 0 Å². The van der Waals surface area contributed by atoms with Crippen LogP contribution in [0.3, 0.4) is 0 Å². The zero-order valence-electron chi connectivity index (χ0n) is 12.9. The third-order valence-corrected chi connectivity index (χ3v) is 4.11. The molecule has 2 aromatic rings. The highest BCUT2D eigenvalue weighted by atomic mass is 79.9. The van der Waals surface area contributed by atoms with Crippen LogP contribution >= 0.6 is 15.9 Å². The topological polar surface area (TPSA) is 21.3 Å². The molecule has 2 rings (SSSR count). The Hall–Kier alpha value is -1.39. The van der Waals surface area contributed by atoms with Crippen molar-refractivity contribution < 1.29 is 9.13 Å². The van der Waals surface area contributed by atoms with Gasteiger partial charge in [-0.3, -0.25) is 0 Å². The second kappa shape index (κ2) is 8.30. The number of hydrogen-bond donors (Lipinski definition) is 1. The van der Waals surface area contributed by atoms with Gasteiger partial charge in [0.2, 0.25) is 0 Å². The second-order valence-electron chi connectivity index (χ2n) is 5.32. The van der Waals surface area contributed by atoms with Gasteiger partial charge in [0, 0.05) is 28.2 Å². The first kappa shape index (κ1) is 17.0. The molecule has 0 saturated heterocycles. The number of nitrogens with one attached hydrogen (secondary N) is 1. The molecule has 0 aliphatic heterocycles. The summed E-state index contributed by atoms with van der Waals surface area (Å²) in [7, 11) is 0. The lowest BCUT2D eigenvalue weighted by atomic mass is 10.1. The minimum atomic E-state index is -0.237. The molecule has 1 unspecified atom stereocenters. The fourth-order valence-corrected chi connectivity index (χ4v) is 2.43. The summed E-state index contributed by atoms with van der Waals surface area (Å²) in [6.07, 6.45) is 1.07. The number of rotatable bonds is 7. The van der Waals surface area contributed by atoms with E-state index in [1.807, 2.05) is 24.3 Å². The van der Waals surface area contributed by atoms with Crippen molar-refractivity contribution in [2.24, 2.45) is 0 Å². The van der Waals surface area contributed by atoms with E-state index in [1.165, 1.54) is 6.07 Å². The lowest BCUT2D eigenvalue weighted by Gasteiger charge is -2.15. The van der Waals surface area contributed by atoms with E-state index < -0.39 is 0 Å². The van der Waals surface area contributed by atoms with Gasteiger partial charge in [0.25, 0.3) is 0 Å². The van der Waals surface area contributed by atoms with Gasteiger partial charge in [-0.15, -0.1) is 0 Å². The average molecular weight is 366 g/mol. The van der Waals surface area contributed by atoms with Crippen LogP contribution in [0.4, 0.5) is 4.39 Å². The van der Waals surface area contributed by atoms with Crippen LogP contribution in [-0.2, 0) is 13.2 Å². The van der Waals surface area contributed by atoms with Gasteiger partial charge in [0.05, 0.1) is 0 Å². The number of ether oxygens (including phenoxy) is 1. The van der Waals surface area contributed by atoms with E-state index >= 15 is 0 Å². The Morgan fingerprint density at radius 2 is 1.95 bits per heavy atom. The van der Waals surface area contributed by atoms with Crippen molar-refractivity contribution in [1.29, 1.82) is 0 Å². The number of benzene rings is 2. The van der Waals surface area contributed by atoms with E-state index in [2.05, 4.69) is 35.1 Å². The molecule has 22 heavy (non-hydrogen) atoms. The SMILES string of the molecule is CCC(C)NCc1cc(Br)ccc1OCc1ccccc1F. The standard InChI is InChI=1S/C18H21BrFNO/c1-3-13(2)21-11-15-10-16(19)8-9-18(15)22-12-14-6-4-5-7-17(14)20/h4-10,13,21H,3,11-12H2,1-2H3. The van der Waals surface area contributed by atoms with Crippen molar-refractivity contribution in [2.45, 2.75) is 39.5 Å². The van der Waals surface area contributed by atoms with E-state index in [-0.39, 0.29) is 12.4 Å². The third-order valence-electron chi connectivity index (χ3n) is 3.62. The molecule has 1 atom stereocenters. The predicted molar refractivity (Wildman–Crippen MR) is 91.5 cm³/mol. The fraction of sp³-hybridized carbons (Fsp3) is 0.333. The van der Waals surface area contributed by atoms with E-state index in [0.717, 1.165) is 28.8 Å². The summed E-state index contributed by atoms with van der Waals surface area (Å²) in [6, 6.07) is 13.0. The Morgan fingerprint density at radius 3 is 2.68 bits per heavy atom. The Bertz CT molecular complexity index is 618. The van der Waals surface area contributed by atoms with Gasteiger partial charge >= 0.3 is 0 Å². The molecule has 0 bridgehead atoms. The van der Waals surface area contributed by atoms with Crippen LogP contribution in [0.2, 0.25) is 0 Å². The molecule has 1 N–H and O–H groups in total. The fourth-order valence-electron chi connectivity index (χ4n) is 2.03. The molecule has 2 aromatic carbocycles. The number of halogens is 2. The minimum absolute atomic E-state index is 0.227. The highest BCUT2D eigenvalue weighted by Gasteiger charge is 2.08. The molecule has 0 saturated carbocycles. The summed E-state index contributed by atoms with van der Waals surface area (Å²) < 4.78 is 20.5. The molecule has 0 aromatic heterocycles. The lowest BCUT2D eigenvalue weighted by molar-refractivity contribution is 0.295. The van der Waals surface area contributed by atoms with Crippen molar-refractivity contribution in [3.05, 3.63) is 63.9 Å². The van der Waals surface area contributed by atoms with Gasteiger partial charge in [0.1, 0.15) is 18.2 Å². The zero-order chi connectivity index (χ0) is 15.9. The summed E-state index contributed by atoms with van der Waals surface area (Å²) in [5, 5.41) is 3.45. The molecular formula is C18H21BrFNO. The summed E-state index contributed by atoms with van der Waals surface area (Å²) >= 11 is 3.48. The maximum absolute atomic E-state index is 13.7. The van der Waals surface area contributed by atoms with Crippen LogP contribution in [0.15, 0.2) is 46.9 Å². The van der Waals surface area contributed by atoms with Crippen molar-refractivity contribution in [1.82, 2.24) is 5.32 Å². The monoisotopic (exact) mass is 365 g/mol. The minimum Gasteiger partial charge on any atom is -0.488 e. The molecule has 0 radical (unpaired) electrons. The molecule has 0 fully saturated rings. The smallest absolute Gasteiger partial charge is 0.129 e. The predicted octanol–water partition coefficient (Wildman–Crippen LogP) is 5.06. The molecule has 118 valence electrons. The zero-order valence-corrected chi connectivity index (χ0v) is 14.5. The lowest BCUT2D eigenvalue weighted by Crippen LogP contribution is -2.24. The highest BCUT2D eigenvalue weighted by Crippen LogP contribution is 2.24. The maximum Gasteiger partial charge on any atom is 0.129 e. The van der Waals surface area contributed by atoms with Crippen LogP contribution in [0.5, 0.6) is 5.75 Å². The van der Waals surface area contributed by atoms with Crippen molar-refractivity contribution >= 4 is 15.9 Å². The normalized spacial score (nSPS) is 12.2. The quantitative estimate of drug-likeness (QED) is 0.740. The molecule has 0 heterocycles. The molecule has 0 aliphatic rings. The highest BCUT2D eigenvalue weighted by molar-refractivity contribution is 9.10. The summed E-state index contributed by atoms with van der Waals surface area (Å²) in [5.74, 6) is 0.543. The largest absolute Gasteiger partial charge is 0.488 e. The van der Waals surface area contributed by atoms with Crippen LogP contribution in [-0.4, -0.2) is 6.04 Å². The van der Waals surface area contributed by atoms with Crippen LogP contribution in [0.25, 0.3) is 0 Å². The first-order chi connectivity index (χ1) is 10.6. The Balaban J connectivity index is 2.08. The van der Waals surface area contributed by atoms with E-state index in [4.69, 9.17) is 4.74 Å². The van der Waals surface area contributed by atoms with Crippen molar-refractivity contribution in [3.63, 3.8) is 0 Å². The van der Waals surface area contributed by atoms with E-state index in [1.54, 1.807) is 12.1 Å². The van der Waals surface area contributed by atoms with E-state index in [0.29, 0.717) is 11.6 Å². The van der Waals surface area contributed by atoms with Crippen molar-refractivity contribution in [3.8, 4) is 5.75 Å². The van der Waals surface area contributed by atoms with Crippen LogP contribution in [0.1, 0.15) is 31.4 Å². The summed E-state index contributed by atoms with van der Waals surface area (Å²) in [4.78, 5) is 0. The van der Waals surface area contributed by atoms with E-state index in [9.17, 15) is 4.39 Å². The Labute approximate surface area is 139 Å². The Kier molecular flexibility index (Phi) is 6.40. The third kappa shape index (κ3) is 4.82. The van der Waals surface area contributed by atoms with Crippen LogP contribution < -0.4 is 10.1 Å².